The third kappa shape index (κ3) is 5.82. The van der Waals surface area contributed by atoms with Crippen molar-refractivity contribution in [2.45, 2.75) is 44.3 Å². The van der Waals surface area contributed by atoms with Crippen LogP contribution in [0.2, 0.25) is 0 Å². The van der Waals surface area contributed by atoms with Crippen LogP contribution in [-0.2, 0) is 6.54 Å². The Bertz CT molecular complexity index is 1500. The fourth-order valence-electron chi connectivity index (χ4n) is 6.16. The van der Waals surface area contributed by atoms with Crippen LogP contribution in [0, 0.1) is 0 Å². The van der Waals surface area contributed by atoms with E-state index in [2.05, 4.69) is 42.1 Å². The predicted molar refractivity (Wildman–Crippen MR) is 161 cm³/mol. The average Bonchev–Trinajstić information content (AvgIpc) is 3.38. The number of hydrogen-bond acceptors (Lipinski definition) is 8. The minimum Gasteiger partial charge on any atom is -0.465 e. The van der Waals surface area contributed by atoms with Gasteiger partial charge in [-0.25, -0.2) is 19.4 Å². The summed E-state index contributed by atoms with van der Waals surface area (Å²) in [4.78, 5) is 25.1. The molecule has 41 heavy (non-hydrogen) atoms. The Morgan fingerprint density at radius 2 is 1.68 bits per heavy atom. The summed E-state index contributed by atoms with van der Waals surface area (Å²) < 4.78 is 2.08. The zero-order valence-corrected chi connectivity index (χ0v) is 23.3. The van der Waals surface area contributed by atoms with Gasteiger partial charge in [-0.3, -0.25) is 10.2 Å². The van der Waals surface area contributed by atoms with Crippen molar-refractivity contribution in [3.05, 3.63) is 60.4 Å². The van der Waals surface area contributed by atoms with Crippen molar-refractivity contribution in [3.63, 3.8) is 0 Å². The number of para-hydroxylation sites is 1. The molecule has 2 aromatic heterocycles. The Labute approximate surface area is 239 Å². The number of carbonyl (C=O) groups is 1. The van der Waals surface area contributed by atoms with E-state index in [1.807, 2.05) is 42.5 Å². The maximum absolute atomic E-state index is 11.1. The lowest BCUT2D eigenvalue weighted by atomic mass is 9.90. The second-order valence-corrected chi connectivity index (χ2v) is 11.1. The zero-order valence-electron chi connectivity index (χ0n) is 23.3. The molecule has 11 heteroatoms. The number of anilines is 3. The normalized spacial score (nSPS) is 20.2. The fraction of sp³-hybridized carbons (Fsp3) is 0.400. The topological polar surface area (TPSA) is 137 Å². The van der Waals surface area contributed by atoms with Crippen molar-refractivity contribution in [2.75, 3.05) is 49.6 Å². The third-order valence-corrected chi connectivity index (χ3v) is 8.48. The highest BCUT2D eigenvalue weighted by Gasteiger charge is 2.30. The number of amides is 1. The summed E-state index contributed by atoms with van der Waals surface area (Å²) in [5.41, 5.74) is 11.2. The van der Waals surface area contributed by atoms with Crippen LogP contribution in [0.3, 0.4) is 0 Å². The molecule has 2 fully saturated rings. The summed E-state index contributed by atoms with van der Waals surface area (Å²) in [6.07, 6.45) is 4.91. The predicted octanol–water partition coefficient (Wildman–Crippen LogP) is 4.51. The Balaban J connectivity index is 1.18. The summed E-state index contributed by atoms with van der Waals surface area (Å²) >= 11 is 0. The minimum absolute atomic E-state index is 0.282. The van der Waals surface area contributed by atoms with Crippen LogP contribution in [0.4, 0.5) is 22.0 Å². The highest BCUT2D eigenvalue weighted by Crippen LogP contribution is 2.37. The van der Waals surface area contributed by atoms with Gasteiger partial charge < -0.3 is 21.1 Å². The Kier molecular flexibility index (Phi) is 7.71. The van der Waals surface area contributed by atoms with E-state index in [1.54, 1.807) is 6.07 Å². The number of carboxylic acid groups (broad SMARTS) is 1. The molecular formula is C30H37N9O2. The second kappa shape index (κ2) is 11.7. The number of fused-ring (bicyclic) bond motifs is 1. The molecule has 11 nitrogen and oxygen atoms in total. The molecule has 2 aromatic carbocycles. The van der Waals surface area contributed by atoms with Crippen LogP contribution in [0.1, 0.15) is 37.3 Å². The maximum atomic E-state index is 11.1. The van der Waals surface area contributed by atoms with Crippen molar-refractivity contribution in [3.8, 4) is 11.3 Å². The van der Waals surface area contributed by atoms with Crippen molar-refractivity contribution in [2.24, 2.45) is 0 Å². The first-order chi connectivity index (χ1) is 20.0. The number of rotatable bonds is 7. The SMILES string of the molecule is CN1CCN(C2CCC(n3nc(-c4ccc(NCc5ccccc5NC(=O)O)cc4)c4c(N)ncnc43)CC2)CC1. The first-order valence-electron chi connectivity index (χ1n) is 14.3. The molecular weight excluding hydrogens is 518 g/mol. The number of aromatic nitrogens is 4. The van der Waals surface area contributed by atoms with E-state index < -0.39 is 6.09 Å². The Morgan fingerprint density at radius 1 is 0.976 bits per heavy atom. The lowest BCUT2D eigenvalue weighted by Gasteiger charge is -2.41. The van der Waals surface area contributed by atoms with Crippen LogP contribution in [-0.4, -0.2) is 80.0 Å². The van der Waals surface area contributed by atoms with Gasteiger partial charge in [-0.05, 0) is 56.5 Å². The highest BCUT2D eigenvalue weighted by atomic mass is 16.4. The molecule has 1 saturated carbocycles. The Morgan fingerprint density at radius 3 is 2.41 bits per heavy atom. The molecule has 5 N–H and O–H groups in total. The summed E-state index contributed by atoms with van der Waals surface area (Å²) in [6, 6.07) is 16.3. The van der Waals surface area contributed by atoms with E-state index >= 15 is 0 Å². The largest absolute Gasteiger partial charge is 0.465 e. The van der Waals surface area contributed by atoms with Gasteiger partial charge in [0.25, 0.3) is 0 Å². The molecule has 1 amide bonds. The van der Waals surface area contributed by atoms with E-state index in [0.717, 1.165) is 85.4 Å². The van der Waals surface area contributed by atoms with Crippen LogP contribution in [0.25, 0.3) is 22.3 Å². The lowest BCUT2D eigenvalue weighted by molar-refractivity contribution is 0.0815. The quantitative estimate of drug-likeness (QED) is 0.260. The number of likely N-dealkylation sites (N-methyl/N-ethyl adjacent to an activating group) is 1. The number of nitrogens with two attached hydrogens (primary N) is 1. The van der Waals surface area contributed by atoms with Gasteiger partial charge in [0.15, 0.2) is 5.65 Å². The number of nitrogens with zero attached hydrogens (tertiary/aromatic N) is 6. The molecule has 6 rings (SSSR count). The second-order valence-electron chi connectivity index (χ2n) is 11.1. The number of piperazine rings is 1. The van der Waals surface area contributed by atoms with Crippen molar-refractivity contribution >= 4 is 34.3 Å². The molecule has 1 aliphatic carbocycles. The number of hydrogen-bond donors (Lipinski definition) is 4. The number of nitrogen functional groups attached to an aromatic ring is 1. The molecule has 2 aliphatic rings. The summed E-state index contributed by atoms with van der Waals surface area (Å²) in [5, 5.41) is 20.8. The van der Waals surface area contributed by atoms with E-state index in [1.165, 1.54) is 6.33 Å². The highest BCUT2D eigenvalue weighted by molar-refractivity contribution is 5.98. The standard InChI is InChI=1S/C30H37N9O2/c1-37-14-16-38(17-15-37)23-10-12-24(13-11-23)39-29-26(28(31)33-19-34-29)27(36-39)20-6-8-22(9-7-20)32-18-21-4-2-3-5-25(21)35-30(40)41/h2-9,19,23-24,32,35H,10-18H2,1H3,(H,40,41)(H2,31,33,34). The van der Waals surface area contributed by atoms with Gasteiger partial charge in [0.1, 0.15) is 17.8 Å². The lowest BCUT2D eigenvalue weighted by Crippen LogP contribution is -2.49. The average molecular weight is 556 g/mol. The van der Waals surface area contributed by atoms with Crippen LogP contribution < -0.4 is 16.4 Å². The Hall–Kier alpha value is -4.22. The molecule has 1 saturated heterocycles. The zero-order chi connectivity index (χ0) is 28.3. The van der Waals surface area contributed by atoms with Gasteiger partial charge in [-0.2, -0.15) is 5.10 Å². The third-order valence-electron chi connectivity index (χ3n) is 8.48. The van der Waals surface area contributed by atoms with E-state index in [9.17, 15) is 4.79 Å². The van der Waals surface area contributed by atoms with Crippen LogP contribution >= 0.6 is 0 Å². The van der Waals surface area contributed by atoms with E-state index in [4.69, 9.17) is 15.9 Å². The first-order valence-corrected chi connectivity index (χ1v) is 14.3. The summed E-state index contributed by atoms with van der Waals surface area (Å²) in [6.45, 7) is 5.08. The maximum Gasteiger partial charge on any atom is 0.409 e. The van der Waals surface area contributed by atoms with Crippen LogP contribution in [0.5, 0.6) is 0 Å². The number of benzene rings is 2. The molecule has 0 atom stereocenters. The van der Waals surface area contributed by atoms with Crippen LogP contribution in [0.15, 0.2) is 54.9 Å². The van der Waals surface area contributed by atoms with E-state index in [0.29, 0.717) is 24.1 Å². The van der Waals surface area contributed by atoms with Gasteiger partial charge in [-0.1, -0.05) is 30.3 Å². The molecule has 3 heterocycles. The molecule has 0 bridgehead atoms. The first kappa shape index (κ1) is 27.0. The molecule has 4 aromatic rings. The van der Waals surface area contributed by atoms with Gasteiger partial charge >= 0.3 is 6.09 Å². The molecule has 0 spiro atoms. The molecule has 0 unspecified atom stereocenters. The van der Waals surface area contributed by atoms with Gasteiger partial charge in [0.05, 0.1) is 11.4 Å². The summed E-state index contributed by atoms with van der Waals surface area (Å²) in [5.74, 6) is 0.437. The molecule has 214 valence electrons. The monoisotopic (exact) mass is 555 g/mol. The minimum atomic E-state index is -1.08. The number of nitrogens with one attached hydrogen (secondary N) is 2. The van der Waals surface area contributed by atoms with Gasteiger partial charge in [0, 0.05) is 55.7 Å². The molecule has 1 aliphatic heterocycles. The smallest absolute Gasteiger partial charge is 0.409 e. The van der Waals surface area contributed by atoms with E-state index in [-0.39, 0.29) is 6.04 Å². The fourth-order valence-corrected chi connectivity index (χ4v) is 6.16. The van der Waals surface area contributed by atoms with Crippen molar-refractivity contribution in [1.82, 2.24) is 29.5 Å². The van der Waals surface area contributed by atoms with Crippen molar-refractivity contribution < 1.29 is 9.90 Å². The summed E-state index contributed by atoms with van der Waals surface area (Å²) in [7, 11) is 2.20. The van der Waals surface area contributed by atoms with Crippen molar-refractivity contribution in [1.29, 1.82) is 0 Å². The van der Waals surface area contributed by atoms with Gasteiger partial charge in [-0.15, -0.1) is 0 Å². The van der Waals surface area contributed by atoms with Gasteiger partial charge in [0.2, 0.25) is 0 Å². The molecule has 0 radical (unpaired) electrons.